The molecule has 0 saturated heterocycles. The summed E-state index contributed by atoms with van der Waals surface area (Å²) in [7, 11) is 1.65. The van der Waals surface area contributed by atoms with Crippen LogP contribution in [0.3, 0.4) is 0 Å². The Bertz CT molecular complexity index is 404. The van der Waals surface area contributed by atoms with Crippen LogP contribution in [0.25, 0.3) is 0 Å². The van der Waals surface area contributed by atoms with Crippen molar-refractivity contribution >= 4 is 5.91 Å². The predicted molar refractivity (Wildman–Crippen MR) is 65.3 cm³/mol. The Morgan fingerprint density at radius 2 is 2.18 bits per heavy atom. The number of hydrogen-bond donors (Lipinski definition) is 2. The first kappa shape index (κ1) is 12.1. The molecule has 17 heavy (non-hydrogen) atoms. The topological polar surface area (TPSA) is 50.4 Å². The molecule has 92 valence electrons. The lowest BCUT2D eigenvalue weighted by Crippen LogP contribution is -2.36. The molecule has 0 heterocycles. The first-order valence-electron chi connectivity index (χ1n) is 5.93. The summed E-state index contributed by atoms with van der Waals surface area (Å²) in [6.07, 6.45) is 3.62. The van der Waals surface area contributed by atoms with E-state index in [4.69, 9.17) is 4.74 Å². The maximum atomic E-state index is 11.1. The van der Waals surface area contributed by atoms with Gasteiger partial charge < -0.3 is 4.74 Å². The monoisotopic (exact) mass is 234 g/mol. The van der Waals surface area contributed by atoms with Crippen molar-refractivity contribution in [3.05, 3.63) is 34.9 Å². The zero-order valence-corrected chi connectivity index (χ0v) is 10.1. The van der Waals surface area contributed by atoms with Crippen LogP contribution in [-0.2, 0) is 29.0 Å². The molecule has 0 radical (unpaired) electrons. The molecule has 0 unspecified atom stereocenters. The van der Waals surface area contributed by atoms with E-state index in [0.717, 1.165) is 5.56 Å². The molecule has 1 amide bonds. The zero-order chi connectivity index (χ0) is 12.1. The number of ether oxygens (including phenoxy) is 1. The fraction of sp³-hybridized carbons (Fsp3) is 0.462. The minimum Gasteiger partial charge on any atom is -0.367 e. The van der Waals surface area contributed by atoms with Gasteiger partial charge in [0.05, 0.1) is 6.61 Å². The molecule has 0 bridgehead atoms. The van der Waals surface area contributed by atoms with Gasteiger partial charge in [-0.1, -0.05) is 18.2 Å². The van der Waals surface area contributed by atoms with Gasteiger partial charge in [-0.05, 0) is 36.0 Å². The average molecular weight is 234 g/mol. The molecule has 0 atom stereocenters. The van der Waals surface area contributed by atoms with E-state index in [1.807, 2.05) is 0 Å². The Balaban J connectivity index is 1.81. The smallest absolute Gasteiger partial charge is 0.260 e. The number of rotatable bonds is 5. The lowest BCUT2D eigenvalue weighted by molar-refractivity contribution is -0.126. The fourth-order valence-electron chi connectivity index (χ4n) is 2.15. The number of nitrogens with one attached hydrogen (secondary N) is 2. The van der Waals surface area contributed by atoms with Crippen LogP contribution in [0.2, 0.25) is 0 Å². The second-order valence-corrected chi connectivity index (χ2v) is 4.25. The summed E-state index contributed by atoms with van der Waals surface area (Å²) in [4.78, 5) is 11.1. The Morgan fingerprint density at radius 3 is 3.00 bits per heavy atom. The molecule has 4 nitrogen and oxygen atoms in total. The molecule has 1 aliphatic carbocycles. The van der Waals surface area contributed by atoms with Gasteiger partial charge >= 0.3 is 0 Å². The molecule has 1 aromatic rings. The Kier molecular flexibility index (Phi) is 4.12. The van der Waals surface area contributed by atoms with Crippen molar-refractivity contribution in [2.45, 2.75) is 25.9 Å². The Morgan fingerprint density at radius 1 is 1.35 bits per heavy atom. The lowest BCUT2D eigenvalue weighted by Gasteiger charge is -2.06. The van der Waals surface area contributed by atoms with Crippen LogP contribution >= 0.6 is 0 Å². The van der Waals surface area contributed by atoms with E-state index in [0.29, 0.717) is 6.61 Å². The van der Waals surface area contributed by atoms with Crippen LogP contribution in [-0.4, -0.2) is 19.6 Å². The molecule has 0 fully saturated rings. The number of carbonyl (C=O) groups is 1. The molecule has 1 aliphatic rings. The maximum absolute atomic E-state index is 11.1. The van der Waals surface area contributed by atoms with Gasteiger partial charge in [0.15, 0.2) is 0 Å². The van der Waals surface area contributed by atoms with E-state index in [1.165, 1.54) is 30.4 Å². The van der Waals surface area contributed by atoms with Crippen LogP contribution in [0, 0.1) is 0 Å². The van der Waals surface area contributed by atoms with Gasteiger partial charge in [0, 0.05) is 7.05 Å². The highest BCUT2D eigenvalue weighted by Crippen LogP contribution is 2.22. The number of benzene rings is 1. The van der Waals surface area contributed by atoms with Crippen LogP contribution in [0.5, 0.6) is 0 Å². The lowest BCUT2D eigenvalue weighted by atomic mass is 10.1. The Labute approximate surface area is 101 Å². The van der Waals surface area contributed by atoms with Gasteiger partial charge in [0.1, 0.15) is 6.61 Å². The van der Waals surface area contributed by atoms with Crippen LogP contribution < -0.4 is 10.9 Å². The van der Waals surface area contributed by atoms with Crippen molar-refractivity contribution in [1.29, 1.82) is 0 Å². The van der Waals surface area contributed by atoms with E-state index in [1.54, 1.807) is 7.05 Å². The summed E-state index contributed by atoms with van der Waals surface area (Å²) in [6.45, 7) is 0.572. The van der Waals surface area contributed by atoms with Crippen molar-refractivity contribution in [2.75, 3.05) is 13.7 Å². The zero-order valence-electron chi connectivity index (χ0n) is 10.1. The van der Waals surface area contributed by atoms with Gasteiger partial charge in [-0.15, -0.1) is 0 Å². The number of hydrazine groups is 1. The summed E-state index contributed by atoms with van der Waals surface area (Å²) in [6, 6.07) is 6.45. The van der Waals surface area contributed by atoms with Crippen LogP contribution in [0.1, 0.15) is 23.1 Å². The minimum atomic E-state index is -0.159. The number of aryl methyl sites for hydroxylation is 2. The van der Waals surface area contributed by atoms with Gasteiger partial charge in [-0.3, -0.25) is 10.2 Å². The van der Waals surface area contributed by atoms with Gasteiger partial charge in [0.2, 0.25) is 0 Å². The third-order valence-corrected chi connectivity index (χ3v) is 2.93. The van der Waals surface area contributed by atoms with Crippen molar-refractivity contribution in [1.82, 2.24) is 10.9 Å². The summed E-state index contributed by atoms with van der Waals surface area (Å²) < 4.78 is 5.34. The normalized spacial score (nSPS) is 13.5. The molecule has 4 heteroatoms. The molecule has 0 saturated carbocycles. The van der Waals surface area contributed by atoms with Crippen molar-refractivity contribution < 1.29 is 9.53 Å². The number of carbonyl (C=O) groups excluding carboxylic acids is 1. The third kappa shape index (κ3) is 3.28. The highest BCUT2D eigenvalue weighted by atomic mass is 16.5. The standard InChI is InChI=1S/C13H18N2O2/c1-14-15-13(16)9-17-8-10-5-6-11-3-2-4-12(11)7-10/h5-7,14H,2-4,8-9H2,1H3,(H,15,16). The number of fused-ring (bicyclic) bond motifs is 1. The molecule has 2 rings (SSSR count). The number of amides is 1. The summed E-state index contributed by atoms with van der Waals surface area (Å²) in [5, 5.41) is 0. The minimum absolute atomic E-state index is 0.0813. The first-order valence-corrected chi connectivity index (χ1v) is 5.93. The SMILES string of the molecule is CNNC(=O)COCc1ccc2c(c1)CCC2. The quantitative estimate of drug-likeness (QED) is 0.746. The van der Waals surface area contributed by atoms with Crippen LogP contribution in [0.4, 0.5) is 0 Å². The molecular weight excluding hydrogens is 216 g/mol. The van der Waals surface area contributed by atoms with E-state index < -0.39 is 0 Å². The Hall–Kier alpha value is -1.39. The maximum Gasteiger partial charge on any atom is 0.260 e. The van der Waals surface area contributed by atoms with Crippen molar-refractivity contribution in [2.24, 2.45) is 0 Å². The van der Waals surface area contributed by atoms with Gasteiger partial charge in [-0.25, -0.2) is 5.43 Å². The molecule has 1 aromatic carbocycles. The highest BCUT2D eigenvalue weighted by Gasteiger charge is 2.10. The summed E-state index contributed by atoms with van der Waals surface area (Å²) in [5.74, 6) is -0.159. The van der Waals surface area contributed by atoms with Crippen molar-refractivity contribution in [3.8, 4) is 0 Å². The predicted octanol–water partition coefficient (Wildman–Crippen LogP) is 0.942. The third-order valence-electron chi connectivity index (χ3n) is 2.93. The van der Waals surface area contributed by atoms with E-state index in [-0.39, 0.29) is 12.5 Å². The van der Waals surface area contributed by atoms with Gasteiger partial charge in [-0.2, -0.15) is 0 Å². The summed E-state index contributed by atoms with van der Waals surface area (Å²) in [5.41, 5.74) is 9.07. The molecular formula is C13H18N2O2. The van der Waals surface area contributed by atoms with Gasteiger partial charge in [0.25, 0.3) is 5.91 Å². The second-order valence-electron chi connectivity index (χ2n) is 4.25. The average Bonchev–Trinajstić information content (AvgIpc) is 2.76. The van der Waals surface area contributed by atoms with Crippen LogP contribution in [0.15, 0.2) is 18.2 Å². The largest absolute Gasteiger partial charge is 0.367 e. The molecule has 2 N–H and O–H groups in total. The number of hydrogen-bond acceptors (Lipinski definition) is 3. The van der Waals surface area contributed by atoms with Crippen molar-refractivity contribution in [3.63, 3.8) is 0 Å². The van der Waals surface area contributed by atoms with E-state index in [9.17, 15) is 4.79 Å². The van der Waals surface area contributed by atoms with E-state index in [2.05, 4.69) is 29.1 Å². The molecule has 0 aliphatic heterocycles. The molecule has 0 spiro atoms. The first-order chi connectivity index (χ1) is 8.29. The summed E-state index contributed by atoms with van der Waals surface area (Å²) >= 11 is 0. The fourth-order valence-corrected chi connectivity index (χ4v) is 2.15. The second kappa shape index (κ2) is 5.80. The molecule has 0 aromatic heterocycles. The highest BCUT2D eigenvalue weighted by molar-refractivity contribution is 5.76. The van der Waals surface area contributed by atoms with E-state index >= 15 is 0 Å².